The van der Waals surface area contributed by atoms with Gasteiger partial charge in [0, 0.05) is 48.2 Å². The first-order valence-electron chi connectivity index (χ1n) is 14.8. The van der Waals surface area contributed by atoms with Gasteiger partial charge < -0.3 is 34.7 Å². The molecule has 0 saturated heterocycles. The van der Waals surface area contributed by atoms with E-state index in [-0.39, 0.29) is 59.3 Å². The standard InChI is InChI=1S/C35H33ClF4N2O6.Na/c1-20(2)42-28(14-13-25(43)17-26(44)18-30(45)46)31(23-9-11-24(37)12-10-23)32(22-6-4-3-5-7-22)33(42)34(47)41-19-21-8-15-29(27(36)16-21)48-35(38,39)40;/h3-16,20,25-26,43-44H,17-19H2,1-2H3,(H,41,47)(H,45,46);/q;+1/p-1/b14-13+;/t25-,26-;/m1./s1. The predicted molar refractivity (Wildman–Crippen MR) is 170 cm³/mol. The van der Waals surface area contributed by atoms with E-state index in [0.717, 1.165) is 6.07 Å². The summed E-state index contributed by atoms with van der Waals surface area (Å²) in [6.07, 6.45) is -5.63. The second-order valence-corrected chi connectivity index (χ2v) is 11.6. The quantitative estimate of drug-likeness (QED) is 0.145. The van der Waals surface area contributed by atoms with Crippen LogP contribution in [0, 0.1) is 5.82 Å². The number of nitrogens with zero attached hydrogens (tertiary/aromatic N) is 1. The van der Waals surface area contributed by atoms with Crippen LogP contribution in [0.5, 0.6) is 5.75 Å². The number of halogens is 5. The van der Waals surface area contributed by atoms with E-state index in [2.05, 4.69) is 10.1 Å². The zero-order valence-electron chi connectivity index (χ0n) is 26.8. The van der Waals surface area contributed by atoms with E-state index in [9.17, 15) is 42.5 Å². The average Bonchev–Trinajstić information content (AvgIpc) is 3.35. The van der Waals surface area contributed by atoms with Crippen LogP contribution in [0.25, 0.3) is 28.3 Å². The van der Waals surface area contributed by atoms with Crippen molar-refractivity contribution in [3.8, 4) is 28.0 Å². The minimum absolute atomic E-state index is 0. The number of aromatic nitrogens is 1. The van der Waals surface area contributed by atoms with Gasteiger partial charge in [0.2, 0.25) is 0 Å². The zero-order valence-corrected chi connectivity index (χ0v) is 29.6. The molecular weight excluding hydrogens is 679 g/mol. The number of carbonyl (C=O) groups excluding carboxylic acids is 2. The van der Waals surface area contributed by atoms with Crippen molar-refractivity contribution in [3.63, 3.8) is 0 Å². The van der Waals surface area contributed by atoms with Gasteiger partial charge in [0.25, 0.3) is 5.91 Å². The average molecular weight is 711 g/mol. The predicted octanol–water partition coefficient (Wildman–Crippen LogP) is 3.29. The Hall–Kier alpha value is -3.65. The number of aliphatic carboxylic acids is 1. The molecule has 8 nitrogen and oxygen atoms in total. The summed E-state index contributed by atoms with van der Waals surface area (Å²) >= 11 is 6.01. The van der Waals surface area contributed by atoms with Crippen LogP contribution in [0.15, 0.2) is 78.9 Å². The maximum atomic E-state index is 14.1. The fraction of sp³-hybridized carbons (Fsp3) is 0.257. The number of benzene rings is 3. The number of amides is 1. The van der Waals surface area contributed by atoms with Crippen molar-refractivity contribution in [1.82, 2.24) is 9.88 Å². The third-order valence-corrected chi connectivity index (χ3v) is 7.53. The van der Waals surface area contributed by atoms with Gasteiger partial charge in [0.15, 0.2) is 0 Å². The summed E-state index contributed by atoms with van der Waals surface area (Å²) in [7, 11) is 0. The van der Waals surface area contributed by atoms with E-state index in [0.29, 0.717) is 33.5 Å². The van der Waals surface area contributed by atoms with Gasteiger partial charge in [-0.3, -0.25) is 4.79 Å². The summed E-state index contributed by atoms with van der Waals surface area (Å²) in [5.41, 5.74) is 3.22. The summed E-state index contributed by atoms with van der Waals surface area (Å²) in [5.74, 6) is -3.10. The van der Waals surface area contributed by atoms with Crippen molar-refractivity contribution in [2.75, 3.05) is 0 Å². The summed E-state index contributed by atoms with van der Waals surface area (Å²) in [5, 5.41) is 34.1. The number of carbonyl (C=O) groups is 2. The minimum atomic E-state index is -4.93. The van der Waals surface area contributed by atoms with Crippen LogP contribution in [0.4, 0.5) is 17.6 Å². The second kappa shape index (κ2) is 17.3. The molecule has 0 saturated carbocycles. The minimum Gasteiger partial charge on any atom is -0.550 e. The molecule has 1 aromatic heterocycles. The van der Waals surface area contributed by atoms with Crippen LogP contribution in [0.2, 0.25) is 5.02 Å². The van der Waals surface area contributed by atoms with Crippen molar-refractivity contribution in [1.29, 1.82) is 0 Å². The smallest absolute Gasteiger partial charge is 0.550 e. The molecule has 0 spiro atoms. The van der Waals surface area contributed by atoms with Gasteiger partial charge in [-0.05, 0) is 60.9 Å². The molecule has 4 aromatic rings. The number of aliphatic hydroxyl groups excluding tert-OH is 2. The summed E-state index contributed by atoms with van der Waals surface area (Å²) < 4.78 is 57.8. The van der Waals surface area contributed by atoms with Gasteiger partial charge >= 0.3 is 35.9 Å². The second-order valence-electron chi connectivity index (χ2n) is 11.2. The fourth-order valence-electron chi connectivity index (χ4n) is 5.29. The molecule has 0 aliphatic carbocycles. The van der Waals surface area contributed by atoms with Gasteiger partial charge in [-0.15, -0.1) is 13.2 Å². The molecule has 1 heterocycles. The van der Waals surface area contributed by atoms with Crippen molar-refractivity contribution < 1.29 is 76.8 Å². The third-order valence-electron chi connectivity index (χ3n) is 7.24. The molecule has 3 N–H and O–H groups in total. The van der Waals surface area contributed by atoms with E-state index in [1.807, 2.05) is 13.8 Å². The molecule has 49 heavy (non-hydrogen) atoms. The Morgan fingerprint density at radius 1 is 1.00 bits per heavy atom. The SMILES string of the molecule is CC(C)n1c(/C=C/[C@@H](O)C[C@@H](O)CC(=O)[O-])c(-c2ccc(F)cc2)c(-c2ccccc2)c1C(=O)NCc1ccc(OC(F)(F)F)c(Cl)c1.[Na+]. The van der Waals surface area contributed by atoms with E-state index >= 15 is 0 Å². The Bertz CT molecular complexity index is 1780. The number of hydrogen-bond acceptors (Lipinski definition) is 6. The number of carboxylic acid groups (broad SMARTS) is 1. The number of aliphatic hydroxyl groups is 2. The fourth-order valence-corrected chi connectivity index (χ4v) is 5.53. The van der Waals surface area contributed by atoms with Crippen molar-refractivity contribution >= 4 is 29.6 Å². The molecule has 2 atom stereocenters. The normalized spacial score (nSPS) is 12.9. The third kappa shape index (κ3) is 10.7. The molecule has 0 fully saturated rings. The van der Waals surface area contributed by atoms with Gasteiger partial charge in [-0.2, -0.15) is 0 Å². The molecular formula is C35H32ClF4N2NaO6. The van der Waals surface area contributed by atoms with Crippen LogP contribution in [0.1, 0.15) is 54.5 Å². The summed E-state index contributed by atoms with van der Waals surface area (Å²) in [6.45, 7) is 3.54. The van der Waals surface area contributed by atoms with Crippen LogP contribution < -0.4 is 44.7 Å². The number of rotatable bonds is 13. The summed E-state index contributed by atoms with van der Waals surface area (Å²) in [6, 6.07) is 17.8. The molecule has 254 valence electrons. The molecule has 0 radical (unpaired) electrons. The number of nitrogens with one attached hydrogen (secondary N) is 1. The van der Waals surface area contributed by atoms with E-state index < -0.39 is 48.4 Å². The molecule has 0 aliphatic heterocycles. The molecule has 0 aliphatic rings. The van der Waals surface area contributed by atoms with E-state index in [1.165, 1.54) is 30.3 Å². The van der Waals surface area contributed by atoms with E-state index in [4.69, 9.17) is 11.6 Å². The first-order chi connectivity index (χ1) is 22.6. The molecule has 0 bridgehead atoms. The largest absolute Gasteiger partial charge is 1.00 e. The number of alkyl halides is 3. The molecule has 14 heteroatoms. The van der Waals surface area contributed by atoms with Gasteiger partial charge in [-0.25, -0.2) is 4.39 Å². The number of hydrogen-bond donors (Lipinski definition) is 3. The maximum Gasteiger partial charge on any atom is 1.00 e. The number of carboxylic acids is 1. The molecule has 3 aromatic carbocycles. The van der Waals surface area contributed by atoms with Gasteiger partial charge in [0.1, 0.15) is 17.3 Å². The first kappa shape index (κ1) is 39.8. The van der Waals surface area contributed by atoms with Crippen LogP contribution in [0.3, 0.4) is 0 Å². The monoisotopic (exact) mass is 710 g/mol. The van der Waals surface area contributed by atoms with E-state index in [1.54, 1.807) is 53.1 Å². The van der Waals surface area contributed by atoms with Crippen LogP contribution >= 0.6 is 11.6 Å². The molecule has 1 amide bonds. The Morgan fingerprint density at radius 3 is 2.20 bits per heavy atom. The Kier molecular flexibility index (Phi) is 14.1. The topological polar surface area (TPSA) is 124 Å². The van der Waals surface area contributed by atoms with Crippen molar-refractivity contribution in [2.24, 2.45) is 0 Å². The van der Waals surface area contributed by atoms with Crippen LogP contribution in [-0.4, -0.2) is 45.2 Å². The Balaban J connectivity index is 0.00000650. The first-order valence-corrected chi connectivity index (χ1v) is 15.2. The zero-order chi connectivity index (χ0) is 35.2. The maximum absolute atomic E-state index is 14.1. The van der Waals surface area contributed by atoms with Crippen molar-refractivity contribution in [2.45, 2.75) is 57.8 Å². The Morgan fingerprint density at radius 2 is 1.63 bits per heavy atom. The van der Waals surface area contributed by atoms with Gasteiger partial charge in [-0.1, -0.05) is 66.2 Å². The van der Waals surface area contributed by atoms with Gasteiger partial charge in [0.05, 0.1) is 17.2 Å². The molecule has 4 rings (SSSR count). The molecule has 0 unspecified atom stereocenters. The van der Waals surface area contributed by atoms with Crippen LogP contribution in [-0.2, 0) is 11.3 Å². The summed E-state index contributed by atoms with van der Waals surface area (Å²) in [4.78, 5) is 25.0. The number of ether oxygens (including phenoxy) is 1. The van der Waals surface area contributed by atoms with Crippen molar-refractivity contribution in [3.05, 3.63) is 107 Å². The Labute approximate surface area is 307 Å².